The van der Waals surface area contributed by atoms with Crippen LogP contribution in [0.15, 0.2) is 57.9 Å². The molecule has 0 unspecified atom stereocenters. The molecule has 5 nitrogen and oxygen atoms in total. The topological polar surface area (TPSA) is 72.2 Å². The van der Waals surface area contributed by atoms with Crippen molar-refractivity contribution in [1.29, 1.82) is 0 Å². The maximum atomic E-state index is 12.5. The smallest absolute Gasteiger partial charge is 0.262 e. The first kappa shape index (κ1) is 16.3. The second-order valence-corrected chi connectivity index (χ2v) is 7.30. The van der Waals surface area contributed by atoms with Gasteiger partial charge < -0.3 is 4.52 Å². The molecular formula is C18H18N2O3S. The van der Waals surface area contributed by atoms with Gasteiger partial charge in [0, 0.05) is 11.3 Å². The molecule has 0 atom stereocenters. The highest BCUT2D eigenvalue weighted by Crippen LogP contribution is 2.28. The number of hydrogen-bond acceptors (Lipinski definition) is 4. The normalized spacial score (nSPS) is 11.5. The lowest BCUT2D eigenvalue weighted by molar-refractivity contribution is 0.393. The van der Waals surface area contributed by atoms with Gasteiger partial charge in [-0.1, -0.05) is 35.5 Å². The number of sulfonamides is 1. The third-order valence-electron chi connectivity index (χ3n) is 3.84. The SMILES string of the molecule is Cc1ccccc1S(=O)(=O)Nc1ccc(-c2c(C)noc2C)cc1. The van der Waals surface area contributed by atoms with Crippen LogP contribution in [-0.4, -0.2) is 13.6 Å². The molecule has 1 heterocycles. The van der Waals surface area contributed by atoms with E-state index in [4.69, 9.17) is 4.52 Å². The van der Waals surface area contributed by atoms with Crippen molar-refractivity contribution < 1.29 is 12.9 Å². The molecule has 3 rings (SSSR count). The van der Waals surface area contributed by atoms with E-state index in [0.717, 1.165) is 22.6 Å². The first-order chi connectivity index (χ1) is 11.4. The molecule has 0 saturated carbocycles. The fourth-order valence-electron chi connectivity index (χ4n) is 2.67. The fraction of sp³-hybridized carbons (Fsp3) is 0.167. The fourth-order valence-corrected chi connectivity index (χ4v) is 3.97. The third kappa shape index (κ3) is 3.05. The highest BCUT2D eigenvalue weighted by molar-refractivity contribution is 7.92. The minimum absolute atomic E-state index is 0.278. The predicted molar refractivity (Wildman–Crippen MR) is 93.4 cm³/mol. The standard InChI is InChI=1S/C18H18N2O3S/c1-12-6-4-5-7-17(12)24(21,22)20-16-10-8-15(9-11-16)18-13(2)19-23-14(18)3/h4-11,20H,1-3H3. The number of nitrogens with zero attached hydrogens (tertiary/aromatic N) is 1. The molecule has 0 amide bonds. The van der Waals surface area contributed by atoms with Crippen molar-refractivity contribution in [3.05, 3.63) is 65.5 Å². The Morgan fingerprint density at radius 2 is 1.62 bits per heavy atom. The zero-order valence-electron chi connectivity index (χ0n) is 13.7. The summed E-state index contributed by atoms with van der Waals surface area (Å²) in [5.74, 6) is 0.737. The number of hydrogen-bond donors (Lipinski definition) is 1. The monoisotopic (exact) mass is 342 g/mol. The van der Waals surface area contributed by atoms with Crippen molar-refractivity contribution in [3.8, 4) is 11.1 Å². The summed E-state index contributed by atoms with van der Waals surface area (Å²) in [7, 11) is -3.61. The molecular weight excluding hydrogens is 324 g/mol. The average molecular weight is 342 g/mol. The molecule has 0 saturated heterocycles. The maximum Gasteiger partial charge on any atom is 0.262 e. The number of aromatic nitrogens is 1. The van der Waals surface area contributed by atoms with Crippen LogP contribution in [-0.2, 0) is 10.0 Å². The van der Waals surface area contributed by atoms with E-state index in [1.807, 2.05) is 32.0 Å². The summed E-state index contributed by atoms with van der Waals surface area (Å²) in [6.45, 7) is 5.50. The number of anilines is 1. The minimum Gasteiger partial charge on any atom is -0.361 e. The van der Waals surface area contributed by atoms with Crippen LogP contribution in [0.2, 0.25) is 0 Å². The number of rotatable bonds is 4. The average Bonchev–Trinajstić information content (AvgIpc) is 2.87. The molecule has 24 heavy (non-hydrogen) atoms. The Morgan fingerprint density at radius 3 is 2.21 bits per heavy atom. The molecule has 6 heteroatoms. The predicted octanol–water partition coefficient (Wildman–Crippen LogP) is 4.07. The largest absolute Gasteiger partial charge is 0.361 e. The zero-order valence-corrected chi connectivity index (χ0v) is 14.5. The van der Waals surface area contributed by atoms with Crippen LogP contribution < -0.4 is 4.72 Å². The molecule has 124 valence electrons. The van der Waals surface area contributed by atoms with Crippen molar-refractivity contribution in [1.82, 2.24) is 5.16 Å². The van der Waals surface area contributed by atoms with Crippen LogP contribution in [0, 0.1) is 20.8 Å². The molecule has 0 aliphatic rings. The number of nitrogens with one attached hydrogen (secondary N) is 1. The molecule has 3 aromatic rings. The zero-order chi connectivity index (χ0) is 17.3. The minimum atomic E-state index is -3.61. The van der Waals surface area contributed by atoms with Crippen molar-refractivity contribution in [2.45, 2.75) is 25.7 Å². The van der Waals surface area contributed by atoms with E-state index in [2.05, 4.69) is 9.88 Å². The molecule has 2 aromatic carbocycles. The molecule has 0 bridgehead atoms. The van der Waals surface area contributed by atoms with Crippen molar-refractivity contribution in [2.75, 3.05) is 4.72 Å². The van der Waals surface area contributed by atoms with Crippen molar-refractivity contribution in [3.63, 3.8) is 0 Å². The first-order valence-electron chi connectivity index (χ1n) is 7.50. The quantitative estimate of drug-likeness (QED) is 0.776. The lowest BCUT2D eigenvalue weighted by Gasteiger charge is -2.10. The lowest BCUT2D eigenvalue weighted by Crippen LogP contribution is -2.14. The molecule has 0 spiro atoms. The van der Waals surface area contributed by atoms with Gasteiger partial charge in [-0.05, 0) is 50.1 Å². The van der Waals surface area contributed by atoms with Gasteiger partial charge in [0.1, 0.15) is 5.76 Å². The summed E-state index contributed by atoms with van der Waals surface area (Å²) in [4.78, 5) is 0.278. The Labute approximate surface area is 141 Å². The molecule has 1 N–H and O–H groups in total. The lowest BCUT2D eigenvalue weighted by atomic mass is 10.0. The van der Waals surface area contributed by atoms with Gasteiger partial charge in [0.05, 0.1) is 10.6 Å². The first-order valence-corrected chi connectivity index (χ1v) is 8.98. The van der Waals surface area contributed by atoms with E-state index in [9.17, 15) is 8.42 Å². The molecule has 0 radical (unpaired) electrons. The van der Waals surface area contributed by atoms with Gasteiger partial charge >= 0.3 is 0 Å². The van der Waals surface area contributed by atoms with Crippen LogP contribution in [0.25, 0.3) is 11.1 Å². The van der Waals surface area contributed by atoms with Gasteiger partial charge in [0.25, 0.3) is 10.0 Å². The highest BCUT2D eigenvalue weighted by Gasteiger charge is 2.17. The highest BCUT2D eigenvalue weighted by atomic mass is 32.2. The Morgan fingerprint density at radius 1 is 0.958 bits per heavy atom. The maximum absolute atomic E-state index is 12.5. The van der Waals surface area contributed by atoms with Crippen LogP contribution in [0.3, 0.4) is 0 Å². The summed E-state index contributed by atoms with van der Waals surface area (Å²) in [5.41, 5.74) is 3.89. The summed E-state index contributed by atoms with van der Waals surface area (Å²) in [6.07, 6.45) is 0. The van der Waals surface area contributed by atoms with Crippen LogP contribution in [0.4, 0.5) is 5.69 Å². The van der Waals surface area contributed by atoms with Gasteiger partial charge in [0.2, 0.25) is 0 Å². The molecule has 1 aromatic heterocycles. The van der Waals surface area contributed by atoms with E-state index < -0.39 is 10.0 Å². The Bertz CT molecular complexity index is 954. The van der Waals surface area contributed by atoms with E-state index >= 15 is 0 Å². The van der Waals surface area contributed by atoms with Crippen LogP contribution in [0.5, 0.6) is 0 Å². The number of benzene rings is 2. The van der Waals surface area contributed by atoms with E-state index in [1.165, 1.54) is 0 Å². The van der Waals surface area contributed by atoms with Gasteiger partial charge in [-0.3, -0.25) is 4.72 Å². The van der Waals surface area contributed by atoms with Crippen LogP contribution >= 0.6 is 0 Å². The summed E-state index contributed by atoms with van der Waals surface area (Å²) < 4.78 is 32.8. The summed E-state index contributed by atoms with van der Waals surface area (Å²) in [6, 6.07) is 14.1. The Kier molecular flexibility index (Phi) is 4.15. The van der Waals surface area contributed by atoms with Gasteiger partial charge in [-0.15, -0.1) is 0 Å². The van der Waals surface area contributed by atoms with Gasteiger partial charge in [-0.25, -0.2) is 8.42 Å². The Balaban J connectivity index is 1.89. The van der Waals surface area contributed by atoms with Crippen molar-refractivity contribution in [2.24, 2.45) is 0 Å². The van der Waals surface area contributed by atoms with Crippen molar-refractivity contribution >= 4 is 15.7 Å². The summed E-state index contributed by atoms with van der Waals surface area (Å²) in [5, 5.41) is 3.94. The van der Waals surface area contributed by atoms with E-state index in [-0.39, 0.29) is 4.90 Å². The van der Waals surface area contributed by atoms with Gasteiger partial charge in [-0.2, -0.15) is 0 Å². The molecule has 0 aliphatic carbocycles. The second-order valence-electron chi connectivity index (χ2n) is 5.65. The van der Waals surface area contributed by atoms with Crippen LogP contribution in [0.1, 0.15) is 17.0 Å². The Hall–Kier alpha value is -2.60. The van der Waals surface area contributed by atoms with E-state index in [0.29, 0.717) is 11.3 Å². The molecule has 0 aliphatic heterocycles. The van der Waals surface area contributed by atoms with Gasteiger partial charge in [0.15, 0.2) is 0 Å². The summed E-state index contributed by atoms with van der Waals surface area (Å²) >= 11 is 0. The third-order valence-corrected chi connectivity index (χ3v) is 5.38. The second kappa shape index (κ2) is 6.13. The van der Waals surface area contributed by atoms with E-state index in [1.54, 1.807) is 37.3 Å². The molecule has 0 fully saturated rings. The number of aryl methyl sites for hydroxylation is 3.